The highest BCUT2D eigenvalue weighted by atomic mass is 32.2. The van der Waals surface area contributed by atoms with E-state index in [9.17, 15) is 56.7 Å². The van der Waals surface area contributed by atoms with E-state index in [4.69, 9.17) is 0 Å². The number of sulfone groups is 1. The standard InChI is InChI=1S/C8H7F11O2S/c1-2-22(20,21)3-4(9,10)5(11,12)6(13,14)7(15,16)8(17,18)19/h2-3H2,1H3. The SMILES string of the molecule is CCS(=O)(=O)CC(F)(F)C(F)(F)C(F)(F)C(F)(F)C(F)(F)F. The van der Waals surface area contributed by atoms with E-state index in [0.29, 0.717) is 6.92 Å². The first-order valence-electron chi connectivity index (χ1n) is 5.05. The summed E-state index contributed by atoms with van der Waals surface area (Å²) >= 11 is 0. The monoisotopic (exact) mass is 376 g/mol. The molecule has 0 bridgehead atoms. The minimum Gasteiger partial charge on any atom is -0.229 e. The second-order valence-electron chi connectivity index (χ2n) is 4.10. The molecule has 0 radical (unpaired) electrons. The van der Waals surface area contributed by atoms with Crippen LogP contribution < -0.4 is 0 Å². The summed E-state index contributed by atoms with van der Waals surface area (Å²) in [5.74, 6) is -33.0. The minimum atomic E-state index is -7.58. The third-order valence-electron chi connectivity index (χ3n) is 2.45. The van der Waals surface area contributed by atoms with Gasteiger partial charge in [0.1, 0.15) is 5.75 Å². The molecule has 0 rings (SSSR count). The first kappa shape index (κ1) is 21.2. The third-order valence-corrected chi connectivity index (χ3v) is 4.13. The van der Waals surface area contributed by atoms with E-state index in [1.165, 1.54) is 0 Å². The van der Waals surface area contributed by atoms with Crippen molar-refractivity contribution in [2.24, 2.45) is 0 Å². The number of hydrogen-bond acceptors (Lipinski definition) is 2. The molecule has 0 aromatic heterocycles. The van der Waals surface area contributed by atoms with Crippen molar-refractivity contribution in [3.8, 4) is 0 Å². The fraction of sp³-hybridized carbons (Fsp3) is 1.00. The highest BCUT2D eigenvalue weighted by molar-refractivity contribution is 7.91. The van der Waals surface area contributed by atoms with Crippen LogP contribution in [0.15, 0.2) is 0 Å². The molecule has 0 amide bonds. The molecule has 0 spiro atoms. The van der Waals surface area contributed by atoms with Crippen LogP contribution in [0.1, 0.15) is 6.92 Å². The smallest absolute Gasteiger partial charge is 0.229 e. The topological polar surface area (TPSA) is 34.1 Å². The predicted molar refractivity (Wildman–Crippen MR) is 50.2 cm³/mol. The van der Waals surface area contributed by atoms with Gasteiger partial charge in [0.05, 0.1) is 0 Å². The molecule has 0 saturated carbocycles. The molecule has 0 aliphatic heterocycles. The average Bonchev–Trinajstić information content (AvgIpc) is 2.25. The van der Waals surface area contributed by atoms with Crippen molar-refractivity contribution < 1.29 is 56.7 Å². The number of halogens is 11. The first-order chi connectivity index (χ1) is 9.27. The summed E-state index contributed by atoms with van der Waals surface area (Å²) in [7, 11) is -5.09. The Morgan fingerprint density at radius 3 is 1.32 bits per heavy atom. The van der Waals surface area contributed by atoms with Gasteiger partial charge in [-0.2, -0.15) is 48.3 Å². The van der Waals surface area contributed by atoms with Gasteiger partial charge in [-0.1, -0.05) is 6.92 Å². The fourth-order valence-corrected chi connectivity index (χ4v) is 2.01. The number of alkyl halides is 11. The third kappa shape index (κ3) is 3.25. The van der Waals surface area contributed by atoms with Crippen molar-refractivity contribution in [2.75, 3.05) is 11.5 Å². The first-order valence-corrected chi connectivity index (χ1v) is 6.87. The van der Waals surface area contributed by atoms with Gasteiger partial charge in [-0.3, -0.25) is 0 Å². The van der Waals surface area contributed by atoms with Crippen LogP contribution in [0, 0.1) is 0 Å². The largest absolute Gasteiger partial charge is 0.460 e. The summed E-state index contributed by atoms with van der Waals surface area (Å²) in [6.07, 6.45) is -7.26. The molecule has 0 saturated heterocycles. The Bertz CT molecular complexity index is 505. The number of hydrogen-bond donors (Lipinski definition) is 0. The maximum Gasteiger partial charge on any atom is 0.460 e. The summed E-state index contributed by atoms with van der Waals surface area (Å²) in [6, 6.07) is 0. The Morgan fingerprint density at radius 2 is 1.05 bits per heavy atom. The Hall–Kier alpha value is -0.820. The van der Waals surface area contributed by atoms with Crippen LogP contribution in [-0.4, -0.2) is 49.8 Å². The summed E-state index contributed by atoms with van der Waals surface area (Å²) in [6.45, 7) is 0.645. The maximum absolute atomic E-state index is 13.0. The van der Waals surface area contributed by atoms with Crippen molar-refractivity contribution in [3.63, 3.8) is 0 Å². The molecule has 0 unspecified atom stereocenters. The molecule has 0 fully saturated rings. The van der Waals surface area contributed by atoms with Gasteiger partial charge in [-0.15, -0.1) is 0 Å². The van der Waals surface area contributed by atoms with E-state index in [-0.39, 0.29) is 0 Å². The average molecular weight is 376 g/mol. The van der Waals surface area contributed by atoms with E-state index < -0.39 is 51.2 Å². The van der Waals surface area contributed by atoms with Crippen LogP contribution in [0.4, 0.5) is 48.3 Å². The molecule has 22 heavy (non-hydrogen) atoms. The lowest BCUT2D eigenvalue weighted by Crippen LogP contribution is -2.67. The molecule has 0 aromatic carbocycles. The van der Waals surface area contributed by atoms with E-state index in [1.807, 2.05) is 0 Å². The Labute approximate surface area is 116 Å². The molecule has 0 atom stereocenters. The van der Waals surface area contributed by atoms with Gasteiger partial charge >= 0.3 is 29.9 Å². The second-order valence-corrected chi connectivity index (χ2v) is 6.46. The van der Waals surface area contributed by atoms with Crippen molar-refractivity contribution in [1.29, 1.82) is 0 Å². The lowest BCUT2D eigenvalue weighted by Gasteiger charge is -2.37. The van der Waals surface area contributed by atoms with Crippen LogP contribution in [0.2, 0.25) is 0 Å². The van der Waals surface area contributed by atoms with Crippen molar-refractivity contribution in [2.45, 2.75) is 36.8 Å². The Morgan fingerprint density at radius 1 is 0.682 bits per heavy atom. The zero-order chi connectivity index (χ0) is 18.4. The van der Waals surface area contributed by atoms with Crippen molar-refractivity contribution >= 4 is 9.84 Å². The molecule has 0 aromatic rings. The van der Waals surface area contributed by atoms with E-state index in [1.54, 1.807) is 0 Å². The summed E-state index contributed by atoms with van der Waals surface area (Å²) in [5.41, 5.74) is 0. The molecule has 14 heteroatoms. The zero-order valence-corrected chi connectivity index (χ0v) is 11.1. The van der Waals surface area contributed by atoms with Gasteiger partial charge in [0.15, 0.2) is 9.84 Å². The zero-order valence-electron chi connectivity index (χ0n) is 10.3. The lowest BCUT2D eigenvalue weighted by atomic mass is 9.99. The number of rotatable bonds is 6. The second kappa shape index (κ2) is 5.37. The molecule has 0 aliphatic rings. The maximum atomic E-state index is 13.0. The highest BCUT2D eigenvalue weighted by Crippen LogP contribution is 2.57. The van der Waals surface area contributed by atoms with Gasteiger partial charge in [-0.05, 0) is 0 Å². The molecular formula is C8H7F11O2S. The van der Waals surface area contributed by atoms with Crippen LogP contribution in [0.25, 0.3) is 0 Å². The Balaban J connectivity index is 6.00. The van der Waals surface area contributed by atoms with Crippen LogP contribution >= 0.6 is 0 Å². The van der Waals surface area contributed by atoms with E-state index in [0.717, 1.165) is 0 Å². The highest BCUT2D eigenvalue weighted by Gasteiger charge is 2.87. The predicted octanol–water partition coefficient (Wildman–Crippen LogP) is 3.52. The van der Waals surface area contributed by atoms with Crippen molar-refractivity contribution in [3.05, 3.63) is 0 Å². The van der Waals surface area contributed by atoms with E-state index >= 15 is 0 Å². The molecule has 0 aliphatic carbocycles. The van der Waals surface area contributed by atoms with Gasteiger partial charge < -0.3 is 0 Å². The van der Waals surface area contributed by atoms with Gasteiger partial charge in [-0.25, -0.2) is 8.42 Å². The van der Waals surface area contributed by atoms with Gasteiger partial charge in [0.25, 0.3) is 0 Å². The summed E-state index contributed by atoms with van der Waals surface area (Å²) < 4.78 is 159. The van der Waals surface area contributed by atoms with Crippen molar-refractivity contribution in [1.82, 2.24) is 0 Å². The van der Waals surface area contributed by atoms with Gasteiger partial charge in [0, 0.05) is 5.75 Å². The van der Waals surface area contributed by atoms with Gasteiger partial charge in [0.2, 0.25) is 0 Å². The van der Waals surface area contributed by atoms with E-state index in [2.05, 4.69) is 0 Å². The summed E-state index contributed by atoms with van der Waals surface area (Å²) in [5, 5.41) is 0. The van der Waals surface area contributed by atoms with Crippen LogP contribution in [0.3, 0.4) is 0 Å². The molecule has 134 valence electrons. The molecule has 2 nitrogen and oxygen atoms in total. The normalized spacial score (nSPS) is 16.0. The Kier molecular flexibility index (Phi) is 5.17. The molecular weight excluding hydrogens is 369 g/mol. The summed E-state index contributed by atoms with van der Waals surface area (Å²) in [4.78, 5) is 0. The quantitative estimate of drug-likeness (QED) is 0.665. The molecule has 0 N–H and O–H groups in total. The minimum absolute atomic E-state index is 0.645. The molecule has 0 heterocycles. The van der Waals surface area contributed by atoms with Crippen LogP contribution in [-0.2, 0) is 9.84 Å². The fourth-order valence-electron chi connectivity index (χ4n) is 1.07. The lowest BCUT2D eigenvalue weighted by molar-refractivity contribution is -0.419. The van der Waals surface area contributed by atoms with Crippen LogP contribution in [0.5, 0.6) is 0 Å².